The van der Waals surface area contributed by atoms with Gasteiger partial charge in [0.15, 0.2) is 17.5 Å². The van der Waals surface area contributed by atoms with E-state index in [0.29, 0.717) is 12.4 Å². The Morgan fingerprint density at radius 1 is 0.960 bits per heavy atom. The number of nitrogens with zero attached hydrogens (tertiary/aromatic N) is 3. The predicted molar refractivity (Wildman–Crippen MR) is 87.9 cm³/mol. The lowest BCUT2D eigenvalue weighted by atomic mass is 10.2. The van der Waals surface area contributed by atoms with Gasteiger partial charge in [-0.15, -0.1) is 10.2 Å². The average Bonchev–Trinajstić information content (AvgIpc) is 2.64. The number of hydrogen-bond acceptors (Lipinski definition) is 5. The summed E-state index contributed by atoms with van der Waals surface area (Å²) < 4.78 is 26.0. The fourth-order valence-electron chi connectivity index (χ4n) is 2.00. The maximum Gasteiger partial charge on any atom is 0.256 e. The first kappa shape index (κ1) is 16.4. The molecule has 0 bridgehead atoms. The lowest BCUT2D eigenvalue weighted by Crippen LogP contribution is -2.14. The zero-order chi connectivity index (χ0) is 17.6. The number of nitrogens with one attached hydrogen (secondary N) is 2. The molecule has 2 aromatic heterocycles. The predicted octanol–water partition coefficient (Wildman–Crippen LogP) is 3.01. The van der Waals surface area contributed by atoms with Gasteiger partial charge >= 0.3 is 0 Å². The maximum absolute atomic E-state index is 13.2. The summed E-state index contributed by atoms with van der Waals surface area (Å²) in [6.45, 7) is 0.482. The number of carbonyl (C=O) groups is 1. The lowest BCUT2D eigenvalue weighted by Gasteiger charge is -2.07. The van der Waals surface area contributed by atoms with E-state index < -0.39 is 17.5 Å². The smallest absolute Gasteiger partial charge is 0.256 e. The van der Waals surface area contributed by atoms with E-state index in [4.69, 9.17) is 0 Å². The molecule has 126 valence electrons. The van der Waals surface area contributed by atoms with Crippen molar-refractivity contribution < 1.29 is 13.6 Å². The molecule has 0 atom stereocenters. The molecule has 6 nitrogen and oxygen atoms in total. The number of hydrogen-bond donors (Lipinski definition) is 2. The Bertz CT molecular complexity index is 872. The van der Waals surface area contributed by atoms with Gasteiger partial charge in [0.1, 0.15) is 5.82 Å². The van der Waals surface area contributed by atoms with Crippen LogP contribution in [0.2, 0.25) is 0 Å². The summed E-state index contributed by atoms with van der Waals surface area (Å²) in [6, 6.07) is 11.7. The monoisotopic (exact) mass is 341 g/mol. The molecule has 0 fully saturated rings. The second-order valence-electron chi connectivity index (χ2n) is 5.06. The normalized spacial score (nSPS) is 10.3. The minimum absolute atomic E-state index is 0.0157. The molecule has 0 spiro atoms. The molecular formula is C17H13F2N5O. The highest BCUT2D eigenvalue weighted by Gasteiger charge is 2.10. The Labute approximate surface area is 141 Å². The fourth-order valence-corrected chi connectivity index (χ4v) is 2.00. The number of aromatic nitrogens is 3. The standard InChI is InChI=1S/C17H13F2N5O/c18-13-5-4-11(9-14(13)19)17(25)22-16-7-6-15(23-24-16)21-10-12-3-1-2-8-20-12/h1-9H,10H2,(H,21,23)(H,22,24,25). The van der Waals surface area contributed by atoms with Crippen LogP contribution in [0.3, 0.4) is 0 Å². The number of benzene rings is 1. The van der Waals surface area contributed by atoms with Gasteiger partial charge < -0.3 is 10.6 Å². The molecule has 0 radical (unpaired) electrons. The highest BCUT2D eigenvalue weighted by Crippen LogP contribution is 2.12. The zero-order valence-electron chi connectivity index (χ0n) is 12.9. The van der Waals surface area contributed by atoms with Crippen LogP contribution in [-0.4, -0.2) is 21.1 Å². The first-order chi connectivity index (χ1) is 12.1. The van der Waals surface area contributed by atoms with Crippen molar-refractivity contribution in [1.29, 1.82) is 0 Å². The summed E-state index contributed by atoms with van der Waals surface area (Å²) in [5.41, 5.74) is 0.832. The number of anilines is 2. The van der Waals surface area contributed by atoms with Gasteiger partial charge in [0, 0.05) is 11.8 Å². The first-order valence-electron chi connectivity index (χ1n) is 7.36. The Hall–Kier alpha value is -3.42. The first-order valence-corrected chi connectivity index (χ1v) is 7.36. The molecular weight excluding hydrogens is 328 g/mol. The summed E-state index contributed by atoms with van der Waals surface area (Å²) >= 11 is 0. The number of amides is 1. The van der Waals surface area contributed by atoms with Crippen molar-refractivity contribution in [2.24, 2.45) is 0 Å². The van der Waals surface area contributed by atoms with E-state index in [1.54, 1.807) is 18.3 Å². The Morgan fingerprint density at radius 3 is 2.44 bits per heavy atom. The van der Waals surface area contributed by atoms with E-state index in [0.717, 1.165) is 17.8 Å². The Morgan fingerprint density at radius 2 is 1.76 bits per heavy atom. The summed E-state index contributed by atoms with van der Waals surface area (Å²) in [5.74, 6) is -2.01. The molecule has 8 heteroatoms. The molecule has 3 aromatic rings. The van der Waals surface area contributed by atoms with Crippen molar-refractivity contribution in [2.75, 3.05) is 10.6 Å². The quantitative estimate of drug-likeness (QED) is 0.746. The largest absolute Gasteiger partial charge is 0.363 e. The molecule has 1 amide bonds. The van der Waals surface area contributed by atoms with Crippen LogP contribution in [0.5, 0.6) is 0 Å². The minimum Gasteiger partial charge on any atom is -0.363 e. The Kier molecular flexibility index (Phi) is 4.89. The summed E-state index contributed by atoms with van der Waals surface area (Å²) in [4.78, 5) is 16.2. The topological polar surface area (TPSA) is 79.8 Å². The van der Waals surface area contributed by atoms with Gasteiger partial charge in [0.2, 0.25) is 0 Å². The van der Waals surface area contributed by atoms with Gasteiger partial charge in [-0.25, -0.2) is 8.78 Å². The van der Waals surface area contributed by atoms with Crippen molar-refractivity contribution >= 4 is 17.5 Å². The van der Waals surface area contributed by atoms with Crippen LogP contribution in [0.1, 0.15) is 16.1 Å². The molecule has 0 aliphatic carbocycles. The van der Waals surface area contributed by atoms with E-state index in [9.17, 15) is 13.6 Å². The number of carbonyl (C=O) groups excluding carboxylic acids is 1. The summed E-state index contributed by atoms with van der Waals surface area (Å²) in [5, 5.41) is 13.3. The molecule has 3 rings (SSSR count). The van der Waals surface area contributed by atoms with Crippen molar-refractivity contribution in [2.45, 2.75) is 6.54 Å². The van der Waals surface area contributed by atoms with Crippen LogP contribution in [-0.2, 0) is 6.54 Å². The lowest BCUT2D eigenvalue weighted by molar-refractivity contribution is 0.102. The van der Waals surface area contributed by atoms with Gasteiger partial charge in [0.05, 0.1) is 12.2 Å². The molecule has 0 saturated heterocycles. The fraction of sp³-hybridized carbons (Fsp3) is 0.0588. The van der Waals surface area contributed by atoms with E-state index in [-0.39, 0.29) is 11.4 Å². The number of halogens is 2. The molecule has 2 heterocycles. The molecule has 0 unspecified atom stereocenters. The highest BCUT2D eigenvalue weighted by atomic mass is 19.2. The van der Waals surface area contributed by atoms with E-state index in [2.05, 4.69) is 25.8 Å². The SMILES string of the molecule is O=C(Nc1ccc(NCc2ccccn2)nn1)c1ccc(F)c(F)c1. The zero-order valence-corrected chi connectivity index (χ0v) is 12.9. The number of rotatable bonds is 5. The second kappa shape index (κ2) is 7.43. The van der Waals surface area contributed by atoms with Crippen molar-refractivity contribution in [3.63, 3.8) is 0 Å². The third-order valence-electron chi connectivity index (χ3n) is 3.26. The van der Waals surface area contributed by atoms with E-state index >= 15 is 0 Å². The van der Waals surface area contributed by atoms with Crippen molar-refractivity contribution in [3.8, 4) is 0 Å². The molecule has 1 aromatic carbocycles. The van der Waals surface area contributed by atoms with Gasteiger partial charge in [-0.05, 0) is 42.5 Å². The third-order valence-corrected chi connectivity index (χ3v) is 3.26. The van der Waals surface area contributed by atoms with Crippen molar-refractivity contribution in [1.82, 2.24) is 15.2 Å². The number of pyridine rings is 1. The average molecular weight is 341 g/mol. The molecule has 0 aliphatic heterocycles. The minimum atomic E-state index is -1.09. The van der Waals surface area contributed by atoms with Crippen LogP contribution in [0.15, 0.2) is 54.7 Å². The van der Waals surface area contributed by atoms with Gasteiger partial charge in [-0.2, -0.15) is 0 Å². The second-order valence-corrected chi connectivity index (χ2v) is 5.06. The van der Waals surface area contributed by atoms with E-state index in [1.807, 2.05) is 18.2 Å². The van der Waals surface area contributed by atoms with Gasteiger partial charge in [-0.3, -0.25) is 9.78 Å². The Balaban J connectivity index is 1.60. The molecule has 25 heavy (non-hydrogen) atoms. The van der Waals surface area contributed by atoms with Crippen LogP contribution in [0.4, 0.5) is 20.4 Å². The third kappa shape index (κ3) is 4.31. The summed E-state index contributed by atoms with van der Waals surface area (Å²) in [6.07, 6.45) is 1.69. The highest BCUT2D eigenvalue weighted by molar-refractivity contribution is 6.03. The molecule has 0 saturated carbocycles. The van der Waals surface area contributed by atoms with Crippen LogP contribution in [0, 0.1) is 11.6 Å². The van der Waals surface area contributed by atoms with Crippen LogP contribution >= 0.6 is 0 Å². The van der Waals surface area contributed by atoms with Gasteiger partial charge in [-0.1, -0.05) is 6.07 Å². The maximum atomic E-state index is 13.2. The summed E-state index contributed by atoms with van der Waals surface area (Å²) in [7, 11) is 0. The van der Waals surface area contributed by atoms with Crippen molar-refractivity contribution in [3.05, 3.63) is 77.6 Å². The molecule has 0 aliphatic rings. The van der Waals surface area contributed by atoms with Gasteiger partial charge in [0.25, 0.3) is 5.91 Å². The van der Waals surface area contributed by atoms with Crippen LogP contribution in [0.25, 0.3) is 0 Å². The van der Waals surface area contributed by atoms with E-state index in [1.165, 1.54) is 6.07 Å². The molecule has 2 N–H and O–H groups in total. The van der Waals surface area contributed by atoms with Crippen LogP contribution < -0.4 is 10.6 Å².